The molecule has 3 amide bonds. The van der Waals surface area contributed by atoms with Gasteiger partial charge in [-0.3, -0.25) is 9.59 Å². The van der Waals surface area contributed by atoms with Crippen LogP contribution in [0.3, 0.4) is 0 Å². The van der Waals surface area contributed by atoms with E-state index in [1.807, 2.05) is 30.5 Å². The van der Waals surface area contributed by atoms with Crippen molar-refractivity contribution in [2.24, 2.45) is 0 Å². The summed E-state index contributed by atoms with van der Waals surface area (Å²) in [6, 6.07) is 16.7. The van der Waals surface area contributed by atoms with Gasteiger partial charge in [0.15, 0.2) is 5.69 Å². The third-order valence-corrected chi connectivity index (χ3v) is 5.79. The highest BCUT2D eigenvalue weighted by Crippen LogP contribution is 2.20. The number of ether oxygens (including phenoxy) is 1. The van der Waals surface area contributed by atoms with Crippen LogP contribution in [0.1, 0.15) is 42.4 Å². The highest BCUT2D eigenvalue weighted by molar-refractivity contribution is 6.04. The lowest BCUT2D eigenvalue weighted by Crippen LogP contribution is -2.49. The van der Waals surface area contributed by atoms with Gasteiger partial charge in [-0.25, -0.2) is 9.78 Å². The van der Waals surface area contributed by atoms with Crippen LogP contribution < -0.4 is 16.0 Å². The van der Waals surface area contributed by atoms with Crippen molar-refractivity contribution in [2.75, 3.05) is 5.32 Å². The van der Waals surface area contributed by atoms with Crippen molar-refractivity contribution >= 4 is 34.5 Å². The number of hydrogen-bond donors (Lipinski definition) is 5. The van der Waals surface area contributed by atoms with Crippen molar-refractivity contribution in [3.8, 4) is 5.75 Å². The van der Waals surface area contributed by atoms with Crippen LogP contribution in [0, 0.1) is 0 Å². The Bertz CT molecular complexity index is 1470. The number of aromatic hydroxyl groups is 1. The summed E-state index contributed by atoms with van der Waals surface area (Å²) in [4.78, 5) is 45.2. The summed E-state index contributed by atoms with van der Waals surface area (Å²) >= 11 is 0. The minimum absolute atomic E-state index is 0.0763. The van der Waals surface area contributed by atoms with Crippen LogP contribution in [-0.4, -0.2) is 44.6 Å². The summed E-state index contributed by atoms with van der Waals surface area (Å²) in [6.07, 6.45) is 2.84. The van der Waals surface area contributed by atoms with E-state index in [1.54, 1.807) is 45.0 Å². The van der Waals surface area contributed by atoms with Crippen LogP contribution in [0.4, 0.5) is 10.5 Å². The molecular formula is C29H31N5O5. The lowest BCUT2D eigenvalue weighted by Gasteiger charge is -2.23. The van der Waals surface area contributed by atoms with E-state index in [4.69, 9.17) is 4.74 Å². The van der Waals surface area contributed by atoms with Crippen LogP contribution >= 0.6 is 0 Å². The van der Waals surface area contributed by atoms with Crippen molar-refractivity contribution < 1.29 is 24.2 Å². The SMILES string of the molecule is CC(C)(C)OC(=O)N[C@H](Cc1c[nH]c2ccccc12)C(=O)NCc1ccc(NC(=O)c2ncccc2O)cc1. The molecule has 10 nitrogen and oxygen atoms in total. The highest BCUT2D eigenvalue weighted by atomic mass is 16.6. The lowest BCUT2D eigenvalue weighted by molar-refractivity contribution is -0.123. The molecule has 0 aliphatic rings. The smallest absolute Gasteiger partial charge is 0.408 e. The summed E-state index contributed by atoms with van der Waals surface area (Å²) in [7, 11) is 0. The van der Waals surface area contributed by atoms with Gasteiger partial charge in [0.25, 0.3) is 5.91 Å². The van der Waals surface area contributed by atoms with E-state index in [-0.39, 0.29) is 30.3 Å². The summed E-state index contributed by atoms with van der Waals surface area (Å²) in [5, 5.41) is 19.0. The number of benzene rings is 2. The van der Waals surface area contributed by atoms with Gasteiger partial charge in [-0.2, -0.15) is 0 Å². The minimum atomic E-state index is -0.872. The number of nitrogens with one attached hydrogen (secondary N) is 4. The van der Waals surface area contributed by atoms with Gasteiger partial charge in [0.05, 0.1) is 0 Å². The van der Waals surface area contributed by atoms with E-state index >= 15 is 0 Å². The molecule has 0 bridgehead atoms. The molecule has 10 heteroatoms. The second-order valence-corrected chi connectivity index (χ2v) is 10.0. The van der Waals surface area contributed by atoms with Crippen molar-refractivity contribution in [1.82, 2.24) is 20.6 Å². The molecule has 2 heterocycles. The fraction of sp³-hybridized carbons (Fsp3) is 0.241. The Hall–Kier alpha value is -4.86. The van der Waals surface area contributed by atoms with Gasteiger partial charge in [0, 0.05) is 41.9 Å². The van der Waals surface area contributed by atoms with Crippen LogP contribution in [-0.2, 0) is 22.5 Å². The van der Waals surface area contributed by atoms with Gasteiger partial charge in [-0.05, 0) is 62.2 Å². The number of pyridine rings is 1. The third kappa shape index (κ3) is 7.35. The Labute approximate surface area is 225 Å². The quantitative estimate of drug-likeness (QED) is 0.230. The maximum Gasteiger partial charge on any atom is 0.408 e. The Kier molecular flexibility index (Phi) is 8.14. The Morgan fingerprint density at radius 2 is 1.77 bits per heavy atom. The summed E-state index contributed by atoms with van der Waals surface area (Å²) in [6.45, 7) is 5.47. The predicted molar refractivity (Wildman–Crippen MR) is 147 cm³/mol. The zero-order valence-corrected chi connectivity index (χ0v) is 21.9. The molecule has 39 heavy (non-hydrogen) atoms. The number of rotatable bonds is 8. The molecule has 0 aliphatic heterocycles. The number of carbonyl (C=O) groups is 3. The van der Waals surface area contributed by atoms with Crippen molar-refractivity contribution in [2.45, 2.75) is 45.4 Å². The van der Waals surface area contributed by atoms with Gasteiger partial charge in [-0.1, -0.05) is 30.3 Å². The van der Waals surface area contributed by atoms with E-state index in [0.717, 1.165) is 22.0 Å². The molecule has 0 saturated heterocycles. The summed E-state index contributed by atoms with van der Waals surface area (Å²) in [5.41, 5.74) is 2.33. The first-order valence-corrected chi connectivity index (χ1v) is 12.5. The second-order valence-electron chi connectivity index (χ2n) is 10.0. The van der Waals surface area contributed by atoms with E-state index in [9.17, 15) is 19.5 Å². The van der Waals surface area contributed by atoms with Gasteiger partial charge in [0.1, 0.15) is 17.4 Å². The number of amides is 3. The van der Waals surface area contributed by atoms with Gasteiger partial charge in [-0.15, -0.1) is 0 Å². The van der Waals surface area contributed by atoms with Crippen molar-refractivity contribution in [3.05, 3.63) is 89.9 Å². The van der Waals surface area contributed by atoms with Crippen LogP contribution in [0.2, 0.25) is 0 Å². The lowest BCUT2D eigenvalue weighted by atomic mass is 10.0. The molecule has 0 radical (unpaired) electrons. The van der Waals surface area contributed by atoms with Crippen molar-refractivity contribution in [3.63, 3.8) is 0 Å². The Balaban J connectivity index is 1.41. The predicted octanol–water partition coefficient (Wildman–Crippen LogP) is 4.27. The molecule has 2 aromatic carbocycles. The van der Waals surface area contributed by atoms with Gasteiger partial charge < -0.3 is 30.8 Å². The molecule has 1 atom stereocenters. The molecular weight excluding hydrogens is 498 g/mol. The van der Waals surface area contributed by atoms with E-state index in [1.165, 1.54) is 18.3 Å². The van der Waals surface area contributed by atoms with Crippen LogP contribution in [0.15, 0.2) is 73.1 Å². The largest absolute Gasteiger partial charge is 0.505 e. The average Bonchev–Trinajstić information content (AvgIpc) is 3.29. The molecule has 0 spiro atoms. The number of fused-ring (bicyclic) bond motifs is 1. The number of alkyl carbamates (subject to hydrolysis) is 1. The monoisotopic (exact) mass is 529 g/mol. The second kappa shape index (κ2) is 11.7. The van der Waals surface area contributed by atoms with E-state index in [2.05, 4.69) is 25.9 Å². The van der Waals surface area contributed by atoms with E-state index in [0.29, 0.717) is 5.69 Å². The molecule has 4 aromatic rings. The van der Waals surface area contributed by atoms with Crippen LogP contribution in [0.5, 0.6) is 5.75 Å². The fourth-order valence-electron chi connectivity index (χ4n) is 3.96. The minimum Gasteiger partial charge on any atom is -0.505 e. The number of H-pyrrole nitrogens is 1. The zero-order valence-electron chi connectivity index (χ0n) is 21.9. The number of aromatic amines is 1. The van der Waals surface area contributed by atoms with E-state index < -0.39 is 23.6 Å². The molecule has 0 unspecified atom stereocenters. The zero-order chi connectivity index (χ0) is 28.0. The molecule has 0 saturated carbocycles. The molecule has 2 aromatic heterocycles. The average molecular weight is 530 g/mol. The van der Waals surface area contributed by atoms with Crippen LogP contribution in [0.25, 0.3) is 10.9 Å². The third-order valence-electron chi connectivity index (χ3n) is 5.79. The Morgan fingerprint density at radius 3 is 2.49 bits per heavy atom. The maximum absolute atomic E-state index is 13.2. The number of anilines is 1. The number of hydrogen-bond acceptors (Lipinski definition) is 6. The van der Waals surface area contributed by atoms with Gasteiger partial charge >= 0.3 is 6.09 Å². The standard InChI is InChI=1S/C29H31N5O5/c1-29(2,3)39-28(38)34-23(15-19-17-31-22-8-5-4-7-21(19)22)26(36)32-16-18-10-12-20(13-11-18)33-27(37)25-24(35)9-6-14-30-25/h4-14,17,23,31,35H,15-16H2,1-3H3,(H,32,36)(H,33,37)(H,34,38)/t23-/m1/s1. The number of nitrogens with zero attached hydrogens (tertiary/aromatic N) is 1. The summed E-state index contributed by atoms with van der Waals surface area (Å²) < 4.78 is 5.38. The topological polar surface area (TPSA) is 145 Å². The molecule has 202 valence electrons. The number of para-hydroxylation sites is 1. The summed E-state index contributed by atoms with van der Waals surface area (Å²) in [5.74, 6) is -1.12. The fourth-order valence-corrected chi connectivity index (χ4v) is 3.96. The first-order chi connectivity index (χ1) is 18.6. The Morgan fingerprint density at radius 1 is 1.03 bits per heavy atom. The molecule has 0 fully saturated rings. The van der Waals surface area contributed by atoms with Gasteiger partial charge in [0.2, 0.25) is 5.91 Å². The maximum atomic E-state index is 13.2. The molecule has 0 aliphatic carbocycles. The number of aromatic nitrogens is 2. The molecule has 5 N–H and O–H groups in total. The van der Waals surface area contributed by atoms with Crippen molar-refractivity contribution in [1.29, 1.82) is 0 Å². The number of carbonyl (C=O) groups excluding carboxylic acids is 3. The normalized spacial score (nSPS) is 12.0. The first kappa shape index (κ1) is 27.2. The molecule has 4 rings (SSSR count). The first-order valence-electron chi connectivity index (χ1n) is 12.5. The highest BCUT2D eigenvalue weighted by Gasteiger charge is 2.25.